The molecule has 0 amide bonds. The Morgan fingerprint density at radius 3 is 2.11 bits per heavy atom. The summed E-state index contributed by atoms with van der Waals surface area (Å²) in [5, 5.41) is 1.79. The van der Waals surface area contributed by atoms with Gasteiger partial charge in [-0.15, -0.1) is 0 Å². The van der Waals surface area contributed by atoms with E-state index in [2.05, 4.69) is 37.6 Å². The van der Waals surface area contributed by atoms with Crippen LogP contribution in [0, 0.1) is 0 Å². The summed E-state index contributed by atoms with van der Waals surface area (Å²) < 4.78 is 33.7. The number of methoxy groups -OCH3 is 1. The smallest absolute Gasteiger partial charge is 0.241 e. The minimum Gasteiger partial charge on any atom is -0.497 e. The molecule has 0 aliphatic heterocycles. The normalized spacial score (nSPS) is 13.5. The maximum atomic E-state index is 12.9. The number of nitrogens with one attached hydrogen (secondary N) is 1. The van der Waals surface area contributed by atoms with E-state index in [0.29, 0.717) is 0 Å². The summed E-state index contributed by atoms with van der Waals surface area (Å²) in [4.78, 5) is 0.253. The minimum atomic E-state index is -3.63. The molecule has 1 atom stereocenters. The zero-order chi connectivity index (χ0) is 20.5. The number of rotatable bonds is 5. The number of hydrogen-bond acceptors (Lipinski definition) is 3. The van der Waals surface area contributed by atoms with E-state index in [0.717, 1.165) is 22.1 Å². The molecule has 0 fully saturated rings. The molecular formula is C23H27NO3S. The summed E-state index contributed by atoms with van der Waals surface area (Å²) in [5.74, 6) is 0.744. The Morgan fingerprint density at radius 2 is 1.50 bits per heavy atom. The van der Waals surface area contributed by atoms with Crippen molar-refractivity contribution >= 4 is 20.8 Å². The predicted octanol–water partition coefficient (Wildman–Crippen LogP) is 5.19. The van der Waals surface area contributed by atoms with Crippen molar-refractivity contribution in [3.63, 3.8) is 0 Å². The Balaban J connectivity index is 1.83. The van der Waals surface area contributed by atoms with Gasteiger partial charge in [0, 0.05) is 6.04 Å². The molecule has 0 aliphatic rings. The van der Waals surface area contributed by atoms with Gasteiger partial charge in [0.15, 0.2) is 0 Å². The van der Waals surface area contributed by atoms with E-state index in [4.69, 9.17) is 4.74 Å². The molecule has 28 heavy (non-hydrogen) atoms. The maximum absolute atomic E-state index is 12.9. The molecule has 0 radical (unpaired) electrons. The highest BCUT2D eigenvalue weighted by Crippen LogP contribution is 2.26. The summed E-state index contributed by atoms with van der Waals surface area (Å²) in [6, 6.07) is 18.5. The molecule has 148 valence electrons. The Bertz CT molecular complexity index is 1080. The fraction of sp³-hybridized carbons (Fsp3) is 0.304. The fourth-order valence-corrected chi connectivity index (χ4v) is 4.40. The van der Waals surface area contributed by atoms with E-state index < -0.39 is 10.0 Å². The molecule has 0 spiro atoms. The van der Waals surface area contributed by atoms with Crippen LogP contribution in [-0.2, 0) is 15.4 Å². The van der Waals surface area contributed by atoms with Crippen molar-refractivity contribution < 1.29 is 13.2 Å². The number of ether oxygens (including phenoxy) is 1. The second-order valence-corrected chi connectivity index (χ2v) is 9.80. The van der Waals surface area contributed by atoms with Crippen LogP contribution in [0.4, 0.5) is 0 Å². The molecule has 3 rings (SSSR count). The van der Waals surface area contributed by atoms with Gasteiger partial charge < -0.3 is 4.74 Å². The van der Waals surface area contributed by atoms with Crippen LogP contribution in [0.3, 0.4) is 0 Å². The van der Waals surface area contributed by atoms with E-state index >= 15 is 0 Å². The van der Waals surface area contributed by atoms with Gasteiger partial charge >= 0.3 is 0 Å². The maximum Gasteiger partial charge on any atom is 0.241 e. The topological polar surface area (TPSA) is 55.4 Å². The third kappa shape index (κ3) is 4.37. The van der Waals surface area contributed by atoms with Crippen molar-refractivity contribution in [1.29, 1.82) is 0 Å². The van der Waals surface area contributed by atoms with Crippen LogP contribution in [0.1, 0.15) is 44.9 Å². The molecule has 0 aliphatic carbocycles. The summed E-state index contributed by atoms with van der Waals surface area (Å²) in [6.07, 6.45) is 0. The highest BCUT2D eigenvalue weighted by atomic mass is 32.2. The van der Waals surface area contributed by atoms with Gasteiger partial charge in [0.2, 0.25) is 10.0 Å². The number of fused-ring (bicyclic) bond motifs is 1. The van der Waals surface area contributed by atoms with Crippen LogP contribution in [0.15, 0.2) is 65.6 Å². The van der Waals surface area contributed by atoms with Crippen molar-refractivity contribution in [2.45, 2.75) is 44.0 Å². The van der Waals surface area contributed by atoms with Gasteiger partial charge in [-0.05, 0) is 58.5 Å². The van der Waals surface area contributed by atoms with Crippen molar-refractivity contribution in [3.05, 3.63) is 71.8 Å². The summed E-state index contributed by atoms with van der Waals surface area (Å²) >= 11 is 0. The lowest BCUT2D eigenvalue weighted by atomic mass is 9.86. The zero-order valence-electron chi connectivity index (χ0n) is 17.0. The van der Waals surface area contributed by atoms with E-state index in [9.17, 15) is 8.42 Å². The Kier molecular flexibility index (Phi) is 5.50. The average Bonchev–Trinajstić information content (AvgIpc) is 2.66. The third-order valence-corrected chi connectivity index (χ3v) is 6.48. The van der Waals surface area contributed by atoms with Crippen LogP contribution < -0.4 is 9.46 Å². The number of benzene rings is 3. The standard InChI is InChI=1S/C23H27NO3S/c1-16(17-6-10-20(11-7-17)23(2,3)4)24-28(25,26)22-13-9-18-14-21(27-5)12-8-19(18)15-22/h6-16,24H,1-5H3/t16-/m0/s1. The molecule has 4 nitrogen and oxygen atoms in total. The van der Waals surface area contributed by atoms with Gasteiger partial charge in [-0.1, -0.05) is 57.2 Å². The molecule has 3 aromatic carbocycles. The average molecular weight is 398 g/mol. The summed E-state index contributed by atoms with van der Waals surface area (Å²) in [5.41, 5.74) is 2.22. The fourth-order valence-electron chi connectivity index (χ4n) is 3.14. The quantitative estimate of drug-likeness (QED) is 0.645. The first-order valence-electron chi connectivity index (χ1n) is 9.31. The molecule has 5 heteroatoms. The molecule has 0 saturated heterocycles. The van der Waals surface area contributed by atoms with Gasteiger partial charge in [0.25, 0.3) is 0 Å². The van der Waals surface area contributed by atoms with Gasteiger partial charge in [0.05, 0.1) is 12.0 Å². The lowest BCUT2D eigenvalue weighted by Gasteiger charge is -2.21. The van der Waals surface area contributed by atoms with Gasteiger partial charge in [0.1, 0.15) is 5.75 Å². The third-order valence-electron chi connectivity index (χ3n) is 4.94. The Hall–Kier alpha value is -2.37. The summed E-state index contributed by atoms with van der Waals surface area (Å²) in [7, 11) is -2.02. The van der Waals surface area contributed by atoms with Crippen molar-refractivity contribution in [2.24, 2.45) is 0 Å². The molecule has 0 heterocycles. The molecule has 0 bridgehead atoms. The van der Waals surface area contributed by atoms with Crippen LogP contribution in [0.25, 0.3) is 10.8 Å². The molecule has 0 unspecified atom stereocenters. The van der Waals surface area contributed by atoms with Crippen LogP contribution in [0.2, 0.25) is 0 Å². The zero-order valence-corrected chi connectivity index (χ0v) is 17.8. The number of hydrogen-bond donors (Lipinski definition) is 1. The van der Waals surface area contributed by atoms with E-state index in [1.807, 2.05) is 37.3 Å². The van der Waals surface area contributed by atoms with Gasteiger partial charge in [-0.25, -0.2) is 13.1 Å². The lowest BCUT2D eigenvalue weighted by molar-refractivity contribution is 0.415. The molecule has 0 aromatic heterocycles. The SMILES string of the molecule is COc1ccc2cc(S(=O)(=O)N[C@@H](C)c3ccc(C(C)(C)C)cc3)ccc2c1. The second-order valence-electron chi connectivity index (χ2n) is 8.09. The first-order valence-corrected chi connectivity index (χ1v) is 10.8. The summed E-state index contributed by atoms with van der Waals surface area (Å²) in [6.45, 7) is 8.33. The minimum absolute atomic E-state index is 0.0645. The molecule has 1 N–H and O–H groups in total. The number of sulfonamides is 1. The molecular weight excluding hydrogens is 370 g/mol. The first-order chi connectivity index (χ1) is 13.1. The largest absolute Gasteiger partial charge is 0.497 e. The lowest BCUT2D eigenvalue weighted by Crippen LogP contribution is -2.27. The van der Waals surface area contributed by atoms with E-state index in [1.54, 1.807) is 25.3 Å². The predicted molar refractivity (Wildman–Crippen MR) is 114 cm³/mol. The van der Waals surface area contributed by atoms with E-state index in [1.165, 1.54) is 5.56 Å². The second kappa shape index (κ2) is 7.57. The van der Waals surface area contributed by atoms with Crippen molar-refractivity contribution in [2.75, 3.05) is 7.11 Å². The first kappa shape index (κ1) is 20.4. The highest BCUT2D eigenvalue weighted by molar-refractivity contribution is 7.89. The highest BCUT2D eigenvalue weighted by Gasteiger charge is 2.20. The van der Waals surface area contributed by atoms with Crippen molar-refractivity contribution in [3.8, 4) is 5.75 Å². The van der Waals surface area contributed by atoms with Crippen LogP contribution in [-0.4, -0.2) is 15.5 Å². The Labute approximate surface area is 167 Å². The Morgan fingerprint density at radius 1 is 0.893 bits per heavy atom. The van der Waals surface area contributed by atoms with E-state index in [-0.39, 0.29) is 16.4 Å². The van der Waals surface area contributed by atoms with Gasteiger partial charge in [-0.2, -0.15) is 0 Å². The van der Waals surface area contributed by atoms with Gasteiger partial charge in [-0.3, -0.25) is 0 Å². The molecule has 3 aromatic rings. The van der Waals surface area contributed by atoms with Crippen LogP contribution in [0.5, 0.6) is 5.75 Å². The molecule has 0 saturated carbocycles. The van der Waals surface area contributed by atoms with Crippen molar-refractivity contribution in [1.82, 2.24) is 4.72 Å². The van der Waals surface area contributed by atoms with Crippen LogP contribution >= 0.6 is 0 Å². The monoisotopic (exact) mass is 397 g/mol.